The fourth-order valence-corrected chi connectivity index (χ4v) is 4.25. The van der Waals surface area contributed by atoms with Gasteiger partial charge >= 0.3 is 11.5 Å². The Morgan fingerprint density at radius 2 is 1.88 bits per heavy atom. The minimum atomic E-state index is -5.62. The zero-order valence-corrected chi connectivity index (χ0v) is 13.0. The van der Waals surface area contributed by atoms with Crippen molar-refractivity contribution in [3.05, 3.63) is 28.8 Å². The van der Waals surface area contributed by atoms with Crippen LogP contribution in [0, 0.1) is 0 Å². The second kappa shape index (κ2) is 5.43. The summed E-state index contributed by atoms with van der Waals surface area (Å²) in [5, 5.41) is 8.95. The van der Waals surface area contributed by atoms with Crippen molar-refractivity contribution in [3.8, 4) is 0 Å². The van der Waals surface area contributed by atoms with Crippen molar-refractivity contribution in [3.63, 3.8) is 0 Å². The summed E-state index contributed by atoms with van der Waals surface area (Å²) in [6, 6.07) is 1.90. The molecule has 3 rings (SSSR count). The van der Waals surface area contributed by atoms with Gasteiger partial charge in [0.05, 0.1) is 24.5 Å². The van der Waals surface area contributed by atoms with Gasteiger partial charge in [0.25, 0.3) is 9.84 Å². The van der Waals surface area contributed by atoms with E-state index in [0.717, 1.165) is 12.1 Å². The number of carbonyl (C=O) groups is 1. The number of ether oxygens (including phenoxy) is 2. The van der Waals surface area contributed by atoms with Crippen molar-refractivity contribution in [2.45, 2.75) is 35.5 Å². The smallest absolute Gasteiger partial charge is 0.481 e. The van der Waals surface area contributed by atoms with Gasteiger partial charge in [0.15, 0.2) is 5.79 Å². The summed E-state index contributed by atoms with van der Waals surface area (Å²) in [5.74, 6) is -2.73. The van der Waals surface area contributed by atoms with Crippen molar-refractivity contribution in [2.24, 2.45) is 0 Å². The Morgan fingerprint density at radius 3 is 2.42 bits per heavy atom. The minimum Gasteiger partial charge on any atom is -0.481 e. The second-order valence-corrected chi connectivity index (χ2v) is 7.46. The van der Waals surface area contributed by atoms with Crippen LogP contribution in [0.5, 0.6) is 0 Å². The van der Waals surface area contributed by atoms with Crippen molar-refractivity contribution < 1.29 is 41.0 Å². The number of sulfone groups is 1. The lowest BCUT2D eigenvalue weighted by molar-refractivity contribution is -0.165. The Bertz CT molecular complexity index is 793. The monoisotopic (exact) mass is 366 g/mol. The third-order valence-electron chi connectivity index (χ3n) is 4.15. The van der Waals surface area contributed by atoms with E-state index in [4.69, 9.17) is 14.6 Å². The molecular weight excluding hydrogens is 353 g/mol. The second-order valence-electron chi connectivity index (χ2n) is 5.55. The number of alkyl halides is 3. The first kappa shape index (κ1) is 17.2. The van der Waals surface area contributed by atoms with E-state index in [1.165, 1.54) is 0 Å². The van der Waals surface area contributed by atoms with E-state index in [0.29, 0.717) is 0 Å². The number of halogens is 3. The van der Waals surface area contributed by atoms with Crippen LogP contribution in [0.15, 0.2) is 17.0 Å². The van der Waals surface area contributed by atoms with Gasteiger partial charge in [-0.25, -0.2) is 8.42 Å². The molecule has 6 nitrogen and oxygen atoms in total. The number of carboxylic acids is 1. The van der Waals surface area contributed by atoms with Crippen LogP contribution in [-0.4, -0.2) is 38.2 Å². The first-order valence-electron chi connectivity index (χ1n) is 7.05. The van der Waals surface area contributed by atoms with Gasteiger partial charge in [0.2, 0.25) is 0 Å². The molecule has 0 atom stereocenters. The van der Waals surface area contributed by atoms with Gasteiger partial charge in [-0.15, -0.1) is 0 Å². The molecule has 1 aromatic carbocycles. The molecule has 1 saturated heterocycles. The Labute approximate surface area is 135 Å². The molecule has 0 saturated carbocycles. The molecule has 0 unspecified atom stereocenters. The van der Waals surface area contributed by atoms with Crippen LogP contribution in [0.3, 0.4) is 0 Å². The third kappa shape index (κ3) is 2.49. The van der Waals surface area contributed by atoms with Gasteiger partial charge in [-0.05, 0) is 23.6 Å². The number of rotatable bonds is 3. The summed E-state index contributed by atoms with van der Waals surface area (Å²) in [6.07, 6.45) is -0.108. The molecule has 0 aromatic heterocycles. The van der Waals surface area contributed by atoms with E-state index in [2.05, 4.69) is 0 Å². The Balaban J connectivity index is 2.26. The maximum absolute atomic E-state index is 13.0. The molecule has 1 aliphatic heterocycles. The van der Waals surface area contributed by atoms with Gasteiger partial charge in [-0.1, -0.05) is 6.07 Å². The quantitative estimate of drug-likeness (QED) is 0.877. The molecular formula is C14H13F3O6S. The highest BCUT2D eigenvalue weighted by molar-refractivity contribution is 7.92. The largest absolute Gasteiger partial charge is 0.501 e. The van der Waals surface area contributed by atoms with E-state index in [-0.39, 0.29) is 42.7 Å². The van der Waals surface area contributed by atoms with Crippen LogP contribution in [0.2, 0.25) is 0 Å². The number of aliphatic carboxylic acids is 1. The summed E-state index contributed by atoms with van der Waals surface area (Å²) < 4.78 is 73.8. The predicted molar refractivity (Wildman–Crippen MR) is 72.9 cm³/mol. The molecule has 10 heteroatoms. The molecule has 0 bridgehead atoms. The van der Waals surface area contributed by atoms with E-state index in [1.54, 1.807) is 0 Å². The molecule has 1 N–H and O–H groups in total. The number of hydrogen-bond acceptors (Lipinski definition) is 5. The van der Waals surface area contributed by atoms with Crippen LogP contribution in [0.25, 0.3) is 0 Å². The van der Waals surface area contributed by atoms with Gasteiger partial charge in [0, 0.05) is 12.0 Å². The van der Waals surface area contributed by atoms with Crippen molar-refractivity contribution in [1.29, 1.82) is 0 Å². The summed E-state index contributed by atoms with van der Waals surface area (Å²) in [5.41, 5.74) is -5.19. The highest BCUT2D eigenvalue weighted by Crippen LogP contribution is 2.49. The van der Waals surface area contributed by atoms with Crippen molar-refractivity contribution in [2.75, 3.05) is 13.2 Å². The zero-order valence-electron chi connectivity index (χ0n) is 12.2. The molecule has 1 spiro atoms. The third-order valence-corrected chi connectivity index (χ3v) is 5.68. The maximum atomic E-state index is 13.0. The van der Waals surface area contributed by atoms with Gasteiger partial charge in [-0.3, -0.25) is 4.79 Å². The zero-order chi connectivity index (χ0) is 17.8. The highest BCUT2D eigenvalue weighted by Gasteiger charge is 2.54. The standard InChI is InChI=1S/C14H13F3O6S/c15-14(16,17)24(20,21)10-2-1-8(7-11(18)19)9-3-4-13(12(9)10)22-5-6-23-13/h1-2H,3-7H2,(H,18,19). The Kier molecular flexibility index (Phi) is 3.89. The van der Waals surface area contributed by atoms with Crippen LogP contribution < -0.4 is 0 Å². The van der Waals surface area contributed by atoms with E-state index in [1.807, 2.05) is 0 Å². The average molecular weight is 366 g/mol. The molecule has 1 aliphatic carbocycles. The lowest BCUT2D eigenvalue weighted by atomic mass is 9.99. The van der Waals surface area contributed by atoms with E-state index >= 15 is 0 Å². The molecule has 1 aromatic rings. The number of hydrogen-bond donors (Lipinski definition) is 1. The van der Waals surface area contributed by atoms with Crippen molar-refractivity contribution in [1.82, 2.24) is 0 Å². The predicted octanol–water partition coefficient (Wildman–Crippen LogP) is 1.75. The lowest BCUT2D eigenvalue weighted by Crippen LogP contribution is -2.30. The highest BCUT2D eigenvalue weighted by atomic mass is 32.2. The summed E-state index contributed by atoms with van der Waals surface area (Å²) >= 11 is 0. The molecule has 2 aliphatic rings. The fourth-order valence-electron chi connectivity index (χ4n) is 3.21. The van der Waals surface area contributed by atoms with Gasteiger partial charge in [0.1, 0.15) is 0 Å². The maximum Gasteiger partial charge on any atom is 0.501 e. The van der Waals surface area contributed by atoms with Crippen LogP contribution in [-0.2, 0) is 42.7 Å². The molecule has 0 radical (unpaired) electrons. The summed E-state index contributed by atoms with van der Waals surface area (Å²) in [7, 11) is -5.62. The lowest BCUT2D eigenvalue weighted by Gasteiger charge is -2.26. The van der Waals surface area contributed by atoms with E-state index < -0.39 is 38.4 Å². The summed E-state index contributed by atoms with van der Waals surface area (Å²) in [6.45, 7) is 0.238. The van der Waals surface area contributed by atoms with Gasteiger partial charge in [-0.2, -0.15) is 13.2 Å². The minimum absolute atomic E-state index is 0.119. The van der Waals surface area contributed by atoms with Crippen molar-refractivity contribution >= 4 is 15.8 Å². The molecule has 1 fully saturated rings. The number of carboxylic acid groups (broad SMARTS) is 1. The molecule has 24 heavy (non-hydrogen) atoms. The molecule has 1 heterocycles. The summed E-state index contributed by atoms with van der Waals surface area (Å²) in [4.78, 5) is 10.0. The Morgan fingerprint density at radius 1 is 1.25 bits per heavy atom. The average Bonchev–Trinajstić information content (AvgIpc) is 3.07. The number of benzene rings is 1. The first-order valence-corrected chi connectivity index (χ1v) is 8.53. The van der Waals surface area contributed by atoms with E-state index in [9.17, 15) is 26.4 Å². The SMILES string of the molecule is O=C(O)Cc1ccc(S(=O)(=O)C(F)(F)F)c2c1CCC21OCCO1. The molecule has 132 valence electrons. The topological polar surface area (TPSA) is 89.9 Å². The Hall–Kier alpha value is -1.65. The normalized spacial score (nSPS) is 19.6. The van der Waals surface area contributed by atoms with Crippen LogP contribution >= 0.6 is 0 Å². The van der Waals surface area contributed by atoms with Gasteiger partial charge < -0.3 is 14.6 Å². The number of fused-ring (bicyclic) bond motifs is 2. The first-order chi connectivity index (χ1) is 11.1. The molecule has 0 amide bonds. The van der Waals surface area contributed by atoms with Crippen LogP contribution in [0.1, 0.15) is 23.1 Å². The van der Waals surface area contributed by atoms with Crippen LogP contribution in [0.4, 0.5) is 13.2 Å². The fraction of sp³-hybridized carbons (Fsp3) is 0.500.